The van der Waals surface area contributed by atoms with E-state index in [4.69, 9.17) is 23.2 Å². The number of carbonyl (C=O) groups excluding carboxylic acids is 2. The van der Waals surface area contributed by atoms with Gasteiger partial charge in [-0.05, 0) is 25.0 Å². The van der Waals surface area contributed by atoms with Crippen molar-refractivity contribution in [3.8, 4) is 0 Å². The highest BCUT2D eigenvalue weighted by Gasteiger charge is 2.03. The molecule has 0 saturated heterocycles. The van der Waals surface area contributed by atoms with Crippen LogP contribution in [0.25, 0.3) is 0 Å². The van der Waals surface area contributed by atoms with E-state index in [9.17, 15) is 9.59 Å². The van der Waals surface area contributed by atoms with Crippen molar-refractivity contribution in [3.05, 3.63) is 69.7 Å². The molecule has 0 aliphatic heterocycles. The van der Waals surface area contributed by atoms with Gasteiger partial charge in [-0.25, -0.2) is 10.9 Å². The van der Waals surface area contributed by atoms with Gasteiger partial charge < -0.3 is 0 Å². The van der Waals surface area contributed by atoms with Crippen LogP contribution >= 0.6 is 23.2 Å². The van der Waals surface area contributed by atoms with Gasteiger partial charge in [0.25, 0.3) is 0 Å². The molecular formula is C20H20Cl2N4O2. The second-order valence-corrected chi connectivity index (χ2v) is 6.65. The van der Waals surface area contributed by atoms with Gasteiger partial charge in [0, 0.05) is 34.0 Å². The Morgan fingerprint density at radius 2 is 1.14 bits per heavy atom. The number of halogens is 2. The zero-order chi connectivity index (χ0) is 20.2. The largest absolute Gasteiger partial charge is 0.273 e. The van der Waals surface area contributed by atoms with E-state index in [2.05, 4.69) is 21.1 Å². The first-order valence-corrected chi connectivity index (χ1v) is 9.44. The fourth-order valence-corrected chi connectivity index (χ4v) is 2.56. The number of unbranched alkanes of at least 4 members (excludes halogenated alkanes) is 1. The molecule has 0 heterocycles. The Hall–Kier alpha value is -2.70. The van der Waals surface area contributed by atoms with Gasteiger partial charge in [0.2, 0.25) is 11.8 Å². The van der Waals surface area contributed by atoms with Crippen LogP contribution in [0.4, 0.5) is 0 Å². The lowest BCUT2D eigenvalue weighted by Gasteiger charge is -2.01. The molecule has 8 heteroatoms. The maximum Gasteiger partial charge on any atom is 0.240 e. The molecule has 0 unspecified atom stereocenters. The van der Waals surface area contributed by atoms with Gasteiger partial charge in [0.1, 0.15) is 0 Å². The second-order valence-electron chi connectivity index (χ2n) is 5.84. The van der Waals surface area contributed by atoms with Crippen LogP contribution in [0.2, 0.25) is 10.0 Å². The van der Waals surface area contributed by atoms with Crippen molar-refractivity contribution in [2.75, 3.05) is 0 Å². The summed E-state index contributed by atoms with van der Waals surface area (Å²) < 4.78 is 0. The van der Waals surface area contributed by atoms with Crippen LogP contribution < -0.4 is 10.9 Å². The van der Waals surface area contributed by atoms with Gasteiger partial charge in [-0.2, -0.15) is 10.2 Å². The number of hydrogen-bond acceptors (Lipinski definition) is 4. The van der Waals surface area contributed by atoms with Crippen molar-refractivity contribution >= 4 is 47.4 Å². The van der Waals surface area contributed by atoms with E-state index in [-0.39, 0.29) is 24.7 Å². The summed E-state index contributed by atoms with van der Waals surface area (Å²) in [5.41, 5.74) is 6.32. The van der Waals surface area contributed by atoms with Crippen LogP contribution in [0.3, 0.4) is 0 Å². The van der Waals surface area contributed by atoms with Gasteiger partial charge in [-0.1, -0.05) is 59.6 Å². The molecule has 0 saturated carbocycles. The van der Waals surface area contributed by atoms with Gasteiger partial charge in [-0.15, -0.1) is 0 Å². The molecule has 2 amide bonds. The first-order valence-electron chi connectivity index (χ1n) is 8.69. The monoisotopic (exact) mass is 418 g/mol. The lowest BCUT2D eigenvalue weighted by Crippen LogP contribution is -2.19. The molecule has 2 aromatic carbocycles. The first-order chi connectivity index (χ1) is 13.6. The molecule has 0 bridgehead atoms. The molecule has 0 aliphatic rings. The summed E-state index contributed by atoms with van der Waals surface area (Å²) in [6, 6.07) is 14.4. The minimum atomic E-state index is -0.222. The SMILES string of the molecule is O=C(CCCCC(=O)N/N=C\c1ccccc1Cl)N/N=C\c1ccccc1Cl. The quantitative estimate of drug-likeness (QED) is 0.364. The molecule has 0 aromatic heterocycles. The molecule has 28 heavy (non-hydrogen) atoms. The summed E-state index contributed by atoms with van der Waals surface area (Å²) in [6.45, 7) is 0. The smallest absolute Gasteiger partial charge is 0.240 e. The fraction of sp³-hybridized carbons (Fsp3) is 0.200. The van der Waals surface area contributed by atoms with Crippen LogP contribution in [-0.2, 0) is 9.59 Å². The average molecular weight is 419 g/mol. The summed E-state index contributed by atoms with van der Waals surface area (Å²) in [7, 11) is 0. The maximum absolute atomic E-state index is 11.7. The summed E-state index contributed by atoms with van der Waals surface area (Å²) in [5.74, 6) is -0.444. The van der Waals surface area contributed by atoms with E-state index >= 15 is 0 Å². The van der Waals surface area contributed by atoms with E-state index < -0.39 is 0 Å². The highest BCUT2D eigenvalue weighted by Crippen LogP contribution is 2.12. The molecule has 2 aromatic rings. The Balaban J connectivity index is 1.60. The predicted molar refractivity (Wildman–Crippen MR) is 113 cm³/mol. The number of hydrogen-bond donors (Lipinski definition) is 2. The minimum absolute atomic E-state index is 0.222. The van der Waals surface area contributed by atoms with Gasteiger partial charge in [0.15, 0.2) is 0 Å². The van der Waals surface area contributed by atoms with E-state index in [0.717, 1.165) is 11.1 Å². The van der Waals surface area contributed by atoms with Crippen LogP contribution in [0.15, 0.2) is 58.7 Å². The number of carbonyl (C=O) groups is 2. The zero-order valence-electron chi connectivity index (χ0n) is 15.1. The number of nitrogens with one attached hydrogen (secondary N) is 2. The van der Waals surface area contributed by atoms with Crippen molar-refractivity contribution in [2.24, 2.45) is 10.2 Å². The number of rotatable bonds is 9. The van der Waals surface area contributed by atoms with Crippen molar-refractivity contribution in [1.82, 2.24) is 10.9 Å². The van der Waals surface area contributed by atoms with Gasteiger partial charge in [0.05, 0.1) is 12.4 Å². The van der Waals surface area contributed by atoms with E-state index in [1.54, 1.807) is 24.3 Å². The predicted octanol–water partition coefficient (Wildman–Crippen LogP) is 4.15. The van der Waals surface area contributed by atoms with Gasteiger partial charge >= 0.3 is 0 Å². The van der Waals surface area contributed by atoms with Crippen LogP contribution in [0.5, 0.6) is 0 Å². The number of nitrogens with zero attached hydrogens (tertiary/aromatic N) is 2. The summed E-state index contributed by atoms with van der Waals surface area (Å²) in [6.07, 6.45) is 4.66. The molecule has 0 aliphatic carbocycles. The summed E-state index contributed by atoms with van der Waals surface area (Å²) >= 11 is 12.0. The number of benzene rings is 2. The average Bonchev–Trinajstić information content (AvgIpc) is 2.68. The second kappa shape index (κ2) is 11.9. The van der Waals surface area contributed by atoms with E-state index in [0.29, 0.717) is 22.9 Å². The van der Waals surface area contributed by atoms with Crippen molar-refractivity contribution < 1.29 is 9.59 Å². The highest BCUT2D eigenvalue weighted by molar-refractivity contribution is 6.33. The molecule has 0 radical (unpaired) electrons. The van der Waals surface area contributed by atoms with Crippen molar-refractivity contribution in [2.45, 2.75) is 25.7 Å². The van der Waals surface area contributed by atoms with Crippen LogP contribution in [-0.4, -0.2) is 24.2 Å². The Bertz CT molecular complexity index is 797. The topological polar surface area (TPSA) is 82.9 Å². The zero-order valence-corrected chi connectivity index (χ0v) is 16.6. The molecule has 0 atom stereocenters. The van der Waals surface area contributed by atoms with Crippen LogP contribution in [0.1, 0.15) is 36.8 Å². The molecule has 146 valence electrons. The minimum Gasteiger partial charge on any atom is -0.273 e. The fourth-order valence-electron chi connectivity index (χ4n) is 2.19. The highest BCUT2D eigenvalue weighted by atomic mass is 35.5. The molecule has 0 fully saturated rings. The molecule has 0 spiro atoms. The standard InChI is InChI=1S/C20H20Cl2N4O2/c21-17-9-3-1-7-15(17)13-23-25-19(27)11-5-6-12-20(28)26-24-14-16-8-2-4-10-18(16)22/h1-4,7-10,13-14H,5-6,11-12H2,(H,25,27)(H,26,28)/b23-13-,24-14-. The third kappa shape index (κ3) is 7.90. The Kier molecular flexibility index (Phi) is 9.18. The number of hydrazone groups is 2. The Morgan fingerprint density at radius 1 is 0.750 bits per heavy atom. The molecule has 2 rings (SSSR count). The third-order valence-electron chi connectivity index (χ3n) is 3.65. The number of amides is 2. The Labute approximate surface area is 173 Å². The summed E-state index contributed by atoms with van der Waals surface area (Å²) in [5, 5.41) is 8.87. The molecule has 2 N–H and O–H groups in total. The first kappa shape index (κ1) is 21.6. The van der Waals surface area contributed by atoms with Crippen molar-refractivity contribution in [3.63, 3.8) is 0 Å². The lowest BCUT2D eigenvalue weighted by molar-refractivity contribution is -0.123. The van der Waals surface area contributed by atoms with Crippen LogP contribution in [0, 0.1) is 0 Å². The third-order valence-corrected chi connectivity index (χ3v) is 4.34. The lowest BCUT2D eigenvalue weighted by atomic mass is 10.2. The maximum atomic E-state index is 11.7. The molecule has 6 nitrogen and oxygen atoms in total. The van der Waals surface area contributed by atoms with E-state index in [1.807, 2.05) is 24.3 Å². The van der Waals surface area contributed by atoms with Gasteiger partial charge in [-0.3, -0.25) is 9.59 Å². The molecular weight excluding hydrogens is 399 g/mol. The Morgan fingerprint density at radius 3 is 1.54 bits per heavy atom. The summed E-state index contributed by atoms with van der Waals surface area (Å²) in [4.78, 5) is 23.5. The van der Waals surface area contributed by atoms with Crippen molar-refractivity contribution in [1.29, 1.82) is 0 Å². The van der Waals surface area contributed by atoms with E-state index in [1.165, 1.54) is 12.4 Å². The normalized spacial score (nSPS) is 11.1.